The molecule has 2 aromatic rings. The number of carbonyl (C=O) groups is 2. The van der Waals surface area contributed by atoms with Gasteiger partial charge in [0.05, 0.1) is 13.5 Å². The second-order valence-corrected chi connectivity index (χ2v) is 10.7. The van der Waals surface area contributed by atoms with Gasteiger partial charge in [0, 0.05) is 12.6 Å². The molecular formula is C36H51NO4. The van der Waals surface area contributed by atoms with Crippen LogP contribution < -0.4 is 4.74 Å². The Kier molecular flexibility index (Phi) is 17.7. The number of phenolic OH excluding ortho intramolecular Hbond substituents is 1. The number of imide groups is 1. The molecule has 0 bridgehead atoms. The monoisotopic (exact) mass is 561 g/mol. The Morgan fingerprint density at radius 3 is 2.05 bits per heavy atom. The summed E-state index contributed by atoms with van der Waals surface area (Å²) in [7, 11) is 1.47. The molecule has 0 saturated heterocycles. The lowest BCUT2D eigenvalue weighted by atomic mass is 10.1. The van der Waals surface area contributed by atoms with Gasteiger partial charge in [-0.2, -0.15) is 0 Å². The van der Waals surface area contributed by atoms with Gasteiger partial charge in [0.15, 0.2) is 11.5 Å². The van der Waals surface area contributed by atoms with Crippen molar-refractivity contribution in [3.8, 4) is 11.5 Å². The lowest BCUT2D eigenvalue weighted by Crippen LogP contribution is -2.37. The van der Waals surface area contributed by atoms with Crippen LogP contribution in [-0.2, 0) is 16.0 Å². The van der Waals surface area contributed by atoms with Crippen LogP contribution in [-0.4, -0.2) is 35.5 Å². The zero-order valence-corrected chi connectivity index (χ0v) is 25.4. The number of rotatable bonds is 21. The molecule has 5 nitrogen and oxygen atoms in total. The highest BCUT2D eigenvalue weighted by molar-refractivity contribution is 6.03. The van der Waals surface area contributed by atoms with E-state index < -0.39 is 0 Å². The third kappa shape index (κ3) is 14.7. The number of nitrogens with zero attached hydrogens (tertiary/aromatic N) is 1. The molecule has 0 radical (unpaired) electrons. The quantitative estimate of drug-likeness (QED) is 0.0938. The second-order valence-electron chi connectivity index (χ2n) is 10.7. The van der Waals surface area contributed by atoms with Gasteiger partial charge in [0.25, 0.3) is 5.91 Å². The van der Waals surface area contributed by atoms with Gasteiger partial charge in [-0.3, -0.25) is 14.5 Å². The number of hydrogen-bond acceptors (Lipinski definition) is 4. The number of amides is 2. The summed E-state index contributed by atoms with van der Waals surface area (Å²) < 4.78 is 5.17. The Balaban J connectivity index is 1.74. The van der Waals surface area contributed by atoms with E-state index in [1.54, 1.807) is 18.2 Å². The van der Waals surface area contributed by atoms with E-state index in [0.717, 1.165) is 31.2 Å². The molecule has 0 aliphatic heterocycles. The maximum absolute atomic E-state index is 13.2. The fraction of sp³-hybridized carbons (Fsp3) is 0.500. The van der Waals surface area contributed by atoms with Crippen molar-refractivity contribution in [1.82, 2.24) is 4.90 Å². The standard InChI is InChI=1S/C36H51NO4/c1-3-4-5-6-7-8-9-10-11-12-13-14-15-16-17-21-28-37(35(39)27-25-31-22-19-18-20-23-31)36(40)30-32-24-26-33(38)34(29-32)41-2/h10-11,18-20,22-27,29,38H,3-9,12-17,21,28,30H2,1-2H3/b11-10-,27-25+. The predicted molar refractivity (Wildman–Crippen MR) is 170 cm³/mol. The number of ether oxygens (including phenoxy) is 1. The Morgan fingerprint density at radius 2 is 1.41 bits per heavy atom. The Bertz CT molecular complexity index is 1060. The SMILES string of the molecule is CCCCCCCC/C=C\CCCCCCCCN(C(=O)/C=C/c1ccccc1)C(=O)Cc1ccc(O)c(OC)c1. The molecule has 2 amide bonds. The van der Waals surface area contributed by atoms with Gasteiger partial charge in [0.2, 0.25) is 5.91 Å². The van der Waals surface area contributed by atoms with Crippen LogP contribution in [0.2, 0.25) is 0 Å². The zero-order chi connectivity index (χ0) is 29.5. The molecule has 0 atom stereocenters. The lowest BCUT2D eigenvalue weighted by molar-refractivity contribution is -0.141. The van der Waals surface area contributed by atoms with Crippen molar-refractivity contribution in [3.05, 3.63) is 77.9 Å². The fourth-order valence-corrected chi connectivity index (χ4v) is 4.80. The van der Waals surface area contributed by atoms with Crippen molar-refractivity contribution in [3.63, 3.8) is 0 Å². The summed E-state index contributed by atoms with van der Waals surface area (Å²) in [4.78, 5) is 27.6. The van der Waals surface area contributed by atoms with Crippen LogP contribution in [0.25, 0.3) is 6.08 Å². The molecule has 2 aromatic carbocycles. The molecule has 0 spiro atoms. The van der Waals surface area contributed by atoms with Crippen molar-refractivity contribution in [2.45, 2.75) is 103 Å². The summed E-state index contributed by atoms with van der Waals surface area (Å²) in [5.41, 5.74) is 1.60. The largest absolute Gasteiger partial charge is 0.504 e. The molecule has 41 heavy (non-hydrogen) atoms. The molecule has 0 aliphatic carbocycles. The minimum absolute atomic E-state index is 0.0200. The molecule has 0 aliphatic rings. The van der Waals surface area contributed by atoms with Crippen molar-refractivity contribution in [2.75, 3.05) is 13.7 Å². The minimum Gasteiger partial charge on any atom is -0.504 e. The molecule has 5 heteroatoms. The van der Waals surface area contributed by atoms with Gasteiger partial charge in [-0.05, 0) is 61.4 Å². The van der Waals surface area contributed by atoms with Crippen molar-refractivity contribution >= 4 is 17.9 Å². The van der Waals surface area contributed by atoms with Crippen LogP contribution in [0.15, 0.2) is 66.8 Å². The highest BCUT2D eigenvalue weighted by Crippen LogP contribution is 2.26. The number of hydrogen-bond donors (Lipinski definition) is 1. The molecule has 224 valence electrons. The topological polar surface area (TPSA) is 66.8 Å². The Labute approximate surface area is 248 Å². The fourth-order valence-electron chi connectivity index (χ4n) is 4.80. The van der Waals surface area contributed by atoms with Gasteiger partial charge in [-0.15, -0.1) is 0 Å². The van der Waals surface area contributed by atoms with Crippen LogP contribution in [0.5, 0.6) is 11.5 Å². The van der Waals surface area contributed by atoms with E-state index in [4.69, 9.17) is 4.74 Å². The predicted octanol–water partition coefficient (Wildman–Crippen LogP) is 9.05. The molecule has 0 unspecified atom stereocenters. The Morgan fingerprint density at radius 1 is 0.805 bits per heavy atom. The number of aromatic hydroxyl groups is 1. The summed E-state index contributed by atoms with van der Waals surface area (Å²) in [5, 5.41) is 9.87. The van der Waals surface area contributed by atoms with Gasteiger partial charge >= 0.3 is 0 Å². The van der Waals surface area contributed by atoms with Crippen molar-refractivity contribution < 1.29 is 19.4 Å². The summed E-state index contributed by atoms with van der Waals surface area (Å²) >= 11 is 0. The van der Waals surface area contributed by atoms with Crippen molar-refractivity contribution in [1.29, 1.82) is 0 Å². The number of methoxy groups -OCH3 is 1. The van der Waals surface area contributed by atoms with Gasteiger partial charge < -0.3 is 9.84 Å². The molecule has 0 fully saturated rings. The lowest BCUT2D eigenvalue weighted by Gasteiger charge is -2.20. The van der Waals surface area contributed by atoms with Crippen molar-refractivity contribution in [2.24, 2.45) is 0 Å². The average Bonchev–Trinajstić information content (AvgIpc) is 2.99. The molecule has 0 heterocycles. The van der Waals surface area contributed by atoms with E-state index in [9.17, 15) is 14.7 Å². The summed E-state index contributed by atoms with van der Waals surface area (Å²) in [6.07, 6.45) is 24.9. The minimum atomic E-state index is -0.308. The smallest absolute Gasteiger partial charge is 0.253 e. The van der Waals surface area contributed by atoms with E-state index in [1.807, 2.05) is 30.3 Å². The van der Waals surface area contributed by atoms with Gasteiger partial charge in [-0.25, -0.2) is 0 Å². The second kappa shape index (κ2) is 21.4. The number of unbranched alkanes of at least 4 members (excludes halogenated alkanes) is 12. The van der Waals surface area contributed by atoms with E-state index in [0.29, 0.717) is 17.9 Å². The third-order valence-electron chi connectivity index (χ3n) is 7.28. The maximum atomic E-state index is 13.2. The first kappa shape index (κ1) is 33.9. The summed E-state index contributed by atoms with van der Waals surface area (Å²) in [5.74, 6) is -0.234. The highest BCUT2D eigenvalue weighted by Gasteiger charge is 2.20. The third-order valence-corrected chi connectivity index (χ3v) is 7.28. The first-order valence-corrected chi connectivity index (χ1v) is 15.6. The first-order chi connectivity index (χ1) is 20.0. The van der Waals surface area contributed by atoms with E-state index in [2.05, 4.69) is 19.1 Å². The normalized spacial score (nSPS) is 11.4. The number of allylic oxidation sites excluding steroid dienone is 2. The number of benzene rings is 2. The summed E-state index contributed by atoms with van der Waals surface area (Å²) in [6.45, 7) is 2.65. The number of carbonyl (C=O) groups excluding carboxylic acids is 2. The van der Waals surface area contributed by atoms with Crippen LogP contribution >= 0.6 is 0 Å². The van der Waals surface area contributed by atoms with E-state index >= 15 is 0 Å². The van der Waals surface area contributed by atoms with Crippen LogP contribution in [0, 0.1) is 0 Å². The van der Waals surface area contributed by atoms with E-state index in [-0.39, 0.29) is 24.0 Å². The number of phenols is 1. The zero-order valence-electron chi connectivity index (χ0n) is 25.4. The van der Waals surface area contributed by atoms with E-state index in [1.165, 1.54) is 88.4 Å². The van der Waals surface area contributed by atoms with Crippen LogP contribution in [0.4, 0.5) is 0 Å². The average molecular weight is 562 g/mol. The highest BCUT2D eigenvalue weighted by atomic mass is 16.5. The van der Waals surface area contributed by atoms with Crippen LogP contribution in [0.3, 0.4) is 0 Å². The van der Waals surface area contributed by atoms with Gasteiger partial charge in [-0.1, -0.05) is 113 Å². The first-order valence-electron chi connectivity index (χ1n) is 15.6. The molecule has 0 aromatic heterocycles. The molecule has 2 rings (SSSR count). The maximum Gasteiger partial charge on any atom is 0.253 e. The molecular weight excluding hydrogens is 510 g/mol. The summed E-state index contributed by atoms with van der Waals surface area (Å²) in [6, 6.07) is 14.4. The van der Waals surface area contributed by atoms with Gasteiger partial charge in [0.1, 0.15) is 0 Å². The molecule has 0 saturated carbocycles. The Hall–Kier alpha value is -3.34. The van der Waals surface area contributed by atoms with Crippen LogP contribution in [0.1, 0.15) is 108 Å². The molecule has 1 N–H and O–H groups in total.